The average molecular weight is 402 g/mol. The number of halogens is 1. The highest BCUT2D eigenvalue weighted by Gasteiger charge is 2.23. The number of anilines is 2. The molecule has 1 saturated heterocycles. The molecule has 1 fully saturated rings. The first-order chi connectivity index (χ1) is 13.4. The summed E-state index contributed by atoms with van der Waals surface area (Å²) in [5.41, 5.74) is 2.31. The standard InChI is InChI=1S/C21H24ClN3O3/c1-14(15-5-7-16(22)8-6-15)25(2)21(27)24-18-11-9-17(10-12-18)23-20(26)19-4-3-13-28-19/h5-12,14,19H,3-4,13H2,1-2H3,(H,23,26)(H,24,27)/t14-,19+/m0/s1. The van der Waals surface area contributed by atoms with Crippen molar-refractivity contribution >= 4 is 34.9 Å². The predicted molar refractivity (Wildman–Crippen MR) is 111 cm³/mol. The van der Waals surface area contributed by atoms with Crippen LogP contribution in [0.25, 0.3) is 0 Å². The van der Waals surface area contributed by atoms with E-state index in [4.69, 9.17) is 16.3 Å². The van der Waals surface area contributed by atoms with Crippen LogP contribution in [0.15, 0.2) is 48.5 Å². The zero-order valence-corrected chi connectivity index (χ0v) is 16.7. The molecule has 2 atom stereocenters. The number of rotatable bonds is 5. The van der Waals surface area contributed by atoms with Gasteiger partial charge < -0.3 is 20.3 Å². The van der Waals surface area contributed by atoms with Crippen molar-refractivity contribution in [2.45, 2.75) is 31.9 Å². The van der Waals surface area contributed by atoms with E-state index >= 15 is 0 Å². The zero-order chi connectivity index (χ0) is 20.1. The lowest BCUT2D eigenvalue weighted by molar-refractivity contribution is -0.124. The molecule has 2 aromatic carbocycles. The minimum atomic E-state index is -0.373. The van der Waals surface area contributed by atoms with Gasteiger partial charge in [0.2, 0.25) is 0 Å². The van der Waals surface area contributed by atoms with Crippen molar-refractivity contribution < 1.29 is 14.3 Å². The summed E-state index contributed by atoms with van der Waals surface area (Å²) < 4.78 is 5.37. The Balaban J connectivity index is 1.56. The summed E-state index contributed by atoms with van der Waals surface area (Å²) in [4.78, 5) is 26.2. The fourth-order valence-corrected chi connectivity index (χ4v) is 3.12. The van der Waals surface area contributed by atoms with Crippen molar-refractivity contribution in [1.82, 2.24) is 4.90 Å². The number of nitrogens with zero attached hydrogens (tertiary/aromatic N) is 1. The van der Waals surface area contributed by atoms with Crippen LogP contribution in [0.1, 0.15) is 31.4 Å². The van der Waals surface area contributed by atoms with Gasteiger partial charge in [-0.25, -0.2) is 4.79 Å². The number of hydrogen-bond acceptors (Lipinski definition) is 3. The molecular formula is C21H24ClN3O3. The predicted octanol–water partition coefficient (Wildman–Crippen LogP) is 4.68. The first kappa shape index (κ1) is 20.2. The summed E-state index contributed by atoms with van der Waals surface area (Å²) >= 11 is 5.92. The maximum Gasteiger partial charge on any atom is 0.322 e. The topological polar surface area (TPSA) is 70.7 Å². The van der Waals surface area contributed by atoms with E-state index in [0.29, 0.717) is 23.0 Å². The zero-order valence-electron chi connectivity index (χ0n) is 15.9. The molecule has 3 amide bonds. The minimum absolute atomic E-state index is 0.109. The van der Waals surface area contributed by atoms with E-state index in [1.165, 1.54) is 0 Å². The van der Waals surface area contributed by atoms with Crippen LogP contribution < -0.4 is 10.6 Å². The van der Waals surface area contributed by atoms with E-state index in [1.807, 2.05) is 31.2 Å². The molecule has 2 N–H and O–H groups in total. The van der Waals surface area contributed by atoms with E-state index in [1.54, 1.807) is 36.2 Å². The number of benzene rings is 2. The summed E-state index contributed by atoms with van der Waals surface area (Å²) in [5, 5.41) is 6.36. The second-order valence-corrected chi connectivity index (χ2v) is 7.27. The maximum atomic E-state index is 12.5. The summed E-state index contributed by atoms with van der Waals surface area (Å²) in [7, 11) is 1.74. The number of nitrogens with one attached hydrogen (secondary N) is 2. The molecule has 1 aliphatic rings. The maximum absolute atomic E-state index is 12.5. The monoisotopic (exact) mass is 401 g/mol. The number of hydrogen-bond donors (Lipinski definition) is 2. The van der Waals surface area contributed by atoms with Crippen LogP contribution in [0.3, 0.4) is 0 Å². The fraction of sp³-hybridized carbons (Fsp3) is 0.333. The van der Waals surface area contributed by atoms with Gasteiger partial charge in [0.1, 0.15) is 6.10 Å². The molecule has 7 heteroatoms. The Kier molecular flexibility index (Phi) is 6.54. The molecule has 1 aliphatic heterocycles. The molecule has 1 heterocycles. The Morgan fingerprint density at radius 3 is 2.25 bits per heavy atom. The third-order valence-corrected chi connectivity index (χ3v) is 5.13. The van der Waals surface area contributed by atoms with Gasteiger partial charge in [-0.15, -0.1) is 0 Å². The van der Waals surface area contributed by atoms with Gasteiger partial charge in [-0.1, -0.05) is 23.7 Å². The molecule has 0 bridgehead atoms. The average Bonchev–Trinajstić information content (AvgIpc) is 3.24. The largest absolute Gasteiger partial charge is 0.368 e. The molecule has 0 aromatic heterocycles. The lowest BCUT2D eigenvalue weighted by Crippen LogP contribution is -2.33. The van der Waals surface area contributed by atoms with Crippen molar-refractivity contribution in [1.29, 1.82) is 0 Å². The molecule has 3 rings (SSSR count). The van der Waals surface area contributed by atoms with Gasteiger partial charge >= 0.3 is 6.03 Å². The number of ether oxygens (including phenoxy) is 1. The quantitative estimate of drug-likeness (QED) is 0.763. The second-order valence-electron chi connectivity index (χ2n) is 6.84. The lowest BCUT2D eigenvalue weighted by atomic mass is 10.1. The van der Waals surface area contributed by atoms with Crippen molar-refractivity contribution in [2.75, 3.05) is 24.3 Å². The van der Waals surface area contributed by atoms with Crippen LogP contribution in [-0.2, 0) is 9.53 Å². The Bertz CT molecular complexity index is 818. The lowest BCUT2D eigenvalue weighted by Gasteiger charge is -2.25. The number of urea groups is 1. The molecule has 0 unspecified atom stereocenters. The van der Waals surface area contributed by atoms with Crippen molar-refractivity contribution in [2.24, 2.45) is 0 Å². The number of carbonyl (C=O) groups is 2. The molecule has 28 heavy (non-hydrogen) atoms. The third kappa shape index (κ3) is 5.03. The second kappa shape index (κ2) is 9.08. The summed E-state index contributed by atoms with van der Waals surface area (Å²) in [6.07, 6.45) is 1.28. The Morgan fingerprint density at radius 1 is 1.07 bits per heavy atom. The molecule has 6 nitrogen and oxygen atoms in total. The molecule has 0 aliphatic carbocycles. The van der Waals surface area contributed by atoms with E-state index in [2.05, 4.69) is 10.6 Å². The van der Waals surface area contributed by atoms with Gasteiger partial charge in [0.05, 0.1) is 6.04 Å². The van der Waals surface area contributed by atoms with Crippen molar-refractivity contribution in [3.63, 3.8) is 0 Å². The van der Waals surface area contributed by atoms with Crippen LogP contribution in [0, 0.1) is 0 Å². The van der Waals surface area contributed by atoms with E-state index in [-0.39, 0.29) is 24.1 Å². The van der Waals surface area contributed by atoms with Gasteiger partial charge in [0, 0.05) is 30.1 Å². The summed E-state index contributed by atoms with van der Waals surface area (Å²) in [6.45, 7) is 2.58. The van der Waals surface area contributed by atoms with E-state index in [0.717, 1.165) is 18.4 Å². The van der Waals surface area contributed by atoms with E-state index in [9.17, 15) is 9.59 Å². The first-order valence-electron chi connectivity index (χ1n) is 9.26. The molecule has 0 spiro atoms. The Morgan fingerprint density at radius 2 is 1.68 bits per heavy atom. The summed E-state index contributed by atoms with van der Waals surface area (Å²) in [6, 6.07) is 14.1. The third-order valence-electron chi connectivity index (χ3n) is 4.88. The van der Waals surface area contributed by atoms with Gasteiger partial charge in [0.25, 0.3) is 5.91 Å². The van der Waals surface area contributed by atoms with Gasteiger partial charge in [-0.2, -0.15) is 0 Å². The van der Waals surface area contributed by atoms with Crippen LogP contribution in [-0.4, -0.2) is 36.6 Å². The highest BCUT2D eigenvalue weighted by Crippen LogP contribution is 2.22. The molecule has 148 valence electrons. The van der Waals surface area contributed by atoms with Gasteiger partial charge in [0.15, 0.2) is 0 Å². The number of amides is 3. The van der Waals surface area contributed by atoms with Gasteiger partial charge in [-0.05, 0) is 61.7 Å². The minimum Gasteiger partial charge on any atom is -0.368 e. The normalized spacial score (nSPS) is 17.0. The molecule has 2 aromatic rings. The highest BCUT2D eigenvalue weighted by atomic mass is 35.5. The van der Waals surface area contributed by atoms with Crippen LogP contribution >= 0.6 is 11.6 Å². The Labute approximate surface area is 169 Å². The van der Waals surface area contributed by atoms with E-state index < -0.39 is 0 Å². The highest BCUT2D eigenvalue weighted by molar-refractivity contribution is 6.30. The van der Waals surface area contributed by atoms with Crippen LogP contribution in [0.2, 0.25) is 5.02 Å². The smallest absolute Gasteiger partial charge is 0.322 e. The summed E-state index contributed by atoms with van der Waals surface area (Å²) in [5.74, 6) is -0.134. The van der Waals surface area contributed by atoms with Gasteiger partial charge in [-0.3, -0.25) is 4.79 Å². The van der Waals surface area contributed by atoms with Crippen molar-refractivity contribution in [3.8, 4) is 0 Å². The van der Waals surface area contributed by atoms with Crippen LogP contribution in [0.4, 0.5) is 16.2 Å². The molecule has 0 radical (unpaired) electrons. The molecular weight excluding hydrogens is 378 g/mol. The molecule has 0 saturated carbocycles. The fourth-order valence-electron chi connectivity index (χ4n) is 3.00. The number of carbonyl (C=O) groups excluding carboxylic acids is 2. The Hall–Kier alpha value is -2.57. The van der Waals surface area contributed by atoms with Crippen molar-refractivity contribution in [3.05, 3.63) is 59.1 Å². The first-order valence-corrected chi connectivity index (χ1v) is 9.63. The SMILES string of the molecule is C[C@@H](c1ccc(Cl)cc1)N(C)C(=O)Nc1ccc(NC(=O)[C@H]2CCCO2)cc1. The van der Waals surface area contributed by atoms with Crippen LogP contribution in [0.5, 0.6) is 0 Å².